The molecule has 2 aromatic rings. The van der Waals surface area contributed by atoms with Crippen molar-refractivity contribution in [1.29, 1.82) is 0 Å². The molecule has 2 N–H and O–H groups in total. The second-order valence-electron chi connectivity index (χ2n) is 9.01. The van der Waals surface area contributed by atoms with Crippen molar-refractivity contribution in [2.75, 3.05) is 62.7 Å². The Kier molecular flexibility index (Phi) is 6.72. The van der Waals surface area contributed by atoms with Crippen LogP contribution in [0, 0.1) is 0 Å². The third-order valence-electron chi connectivity index (χ3n) is 6.93. The molecule has 4 amide bonds. The topological polar surface area (TPSA) is 103 Å². The van der Waals surface area contributed by atoms with E-state index in [4.69, 9.17) is 14.7 Å². The molecule has 3 aliphatic heterocycles. The van der Waals surface area contributed by atoms with Crippen molar-refractivity contribution in [3.63, 3.8) is 0 Å². The lowest BCUT2D eigenvalue weighted by Gasteiger charge is -2.44. The molecule has 0 radical (unpaired) electrons. The predicted octanol–water partition coefficient (Wildman–Crippen LogP) is 2.87. The summed E-state index contributed by atoms with van der Waals surface area (Å²) in [6.07, 6.45) is 1.61. The number of carbonyl (C=O) groups excluding carboxylic acids is 2. The lowest BCUT2D eigenvalue weighted by atomic mass is 9.93. The summed E-state index contributed by atoms with van der Waals surface area (Å²) in [5.41, 5.74) is 3.70. The van der Waals surface area contributed by atoms with Gasteiger partial charge in [-0.2, -0.15) is 0 Å². The predicted molar refractivity (Wildman–Crippen MR) is 134 cm³/mol. The average Bonchev–Trinajstić information content (AvgIpc) is 2.89. The van der Waals surface area contributed by atoms with E-state index in [-0.39, 0.29) is 18.1 Å². The fourth-order valence-corrected chi connectivity index (χ4v) is 5.11. The quantitative estimate of drug-likeness (QED) is 0.684. The van der Waals surface area contributed by atoms with Gasteiger partial charge in [-0.1, -0.05) is 0 Å². The molecular weight excluding hydrogens is 446 g/mol. The van der Waals surface area contributed by atoms with Gasteiger partial charge in [0.1, 0.15) is 5.82 Å². The number of hydrogen-bond acceptors (Lipinski definition) is 6. The Labute approximate surface area is 205 Å². The van der Waals surface area contributed by atoms with Crippen LogP contribution in [0.3, 0.4) is 0 Å². The number of morpholine rings is 1. The van der Waals surface area contributed by atoms with Crippen LogP contribution in [-0.2, 0) is 11.2 Å². The number of anilines is 2. The summed E-state index contributed by atoms with van der Waals surface area (Å²) in [6, 6.07) is 7.41. The molecule has 4 heterocycles. The van der Waals surface area contributed by atoms with Crippen molar-refractivity contribution in [2.24, 2.45) is 0 Å². The standard InChI is InChI=1S/C25H33N7O3/c1-3-26-24(33)27-18-7-5-17(6-8-18)22-28-21-19(23(29-22)31-13-15-35-16-14-31)9-12-32-20(21)10-11-30(4-2)25(32)34/h5-8,20H,3-4,9-16H2,1-2H3,(H2,26,27,33)/t20-/m0/s1. The number of amides is 4. The van der Waals surface area contributed by atoms with Crippen molar-refractivity contribution >= 4 is 23.6 Å². The number of benzene rings is 1. The number of nitrogens with zero attached hydrogens (tertiary/aromatic N) is 5. The van der Waals surface area contributed by atoms with Crippen LogP contribution in [0.4, 0.5) is 21.1 Å². The van der Waals surface area contributed by atoms with Gasteiger partial charge in [0.05, 0.1) is 24.9 Å². The molecular formula is C25H33N7O3. The van der Waals surface area contributed by atoms with E-state index in [9.17, 15) is 9.59 Å². The summed E-state index contributed by atoms with van der Waals surface area (Å²) in [6.45, 7) is 9.54. The largest absolute Gasteiger partial charge is 0.378 e. The smallest absolute Gasteiger partial charge is 0.320 e. The van der Waals surface area contributed by atoms with Crippen LogP contribution in [0.25, 0.3) is 11.4 Å². The van der Waals surface area contributed by atoms with Gasteiger partial charge < -0.3 is 30.1 Å². The highest BCUT2D eigenvalue weighted by atomic mass is 16.5. The molecule has 10 nitrogen and oxygen atoms in total. The van der Waals surface area contributed by atoms with Crippen molar-refractivity contribution < 1.29 is 14.3 Å². The number of aromatic nitrogens is 2. The first-order valence-electron chi connectivity index (χ1n) is 12.5. The fourth-order valence-electron chi connectivity index (χ4n) is 5.11. The van der Waals surface area contributed by atoms with E-state index in [2.05, 4.69) is 15.5 Å². The second kappa shape index (κ2) is 10.1. The van der Waals surface area contributed by atoms with Crippen LogP contribution in [0.15, 0.2) is 24.3 Å². The van der Waals surface area contributed by atoms with Crippen LogP contribution in [0.5, 0.6) is 0 Å². The van der Waals surface area contributed by atoms with Gasteiger partial charge in [0.25, 0.3) is 0 Å². The summed E-state index contributed by atoms with van der Waals surface area (Å²) < 4.78 is 5.58. The Morgan fingerprint density at radius 1 is 1.09 bits per heavy atom. The Bertz CT molecular complexity index is 1090. The lowest BCUT2D eigenvalue weighted by Crippen LogP contribution is -2.53. The van der Waals surface area contributed by atoms with Crippen LogP contribution < -0.4 is 15.5 Å². The van der Waals surface area contributed by atoms with E-state index in [1.807, 2.05) is 47.9 Å². The minimum Gasteiger partial charge on any atom is -0.378 e. The minimum atomic E-state index is -0.233. The monoisotopic (exact) mass is 479 g/mol. The third-order valence-corrected chi connectivity index (χ3v) is 6.93. The SMILES string of the molecule is CCNC(=O)Nc1ccc(-c2nc3c(c(N4CCOCC4)n2)CCN2C(=O)N(CC)CC[C@@H]32)cc1. The first-order valence-corrected chi connectivity index (χ1v) is 12.5. The van der Waals surface area contributed by atoms with Gasteiger partial charge >= 0.3 is 12.1 Å². The number of fused-ring (bicyclic) bond motifs is 3. The maximum absolute atomic E-state index is 13.1. The molecule has 3 aliphatic rings. The zero-order chi connectivity index (χ0) is 24.4. The van der Waals surface area contributed by atoms with E-state index < -0.39 is 0 Å². The van der Waals surface area contributed by atoms with Gasteiger partial charge in [-0.25, -0.2) is 19.6 Å². The average molecular weight is 480 g/mol. The molecule has 35 heavy (non-hydrogen) atoms. The van der Waals surface area contributed by atoms with Crippen LogP contribution >= 0.6 is 0 Å². The van der Waals surface area contributed by atoms with Gasteiger partial charge in [0.15, 0.2) is 5.82 Å². The molecule has 1 aromatic heterocycles. The Morgan fingerprint density at radius 2 is 1.86 bits per heavy atom. The number of hydrogen-bond donors (Lipinski definition) is 2. The molecule has 0 spiro atoms. The highest BCUT2D eigenvalue weighted by molar-refractivity contribution is 5.89. The molecule has 0 unspecified atom stereocenters. The fraction of sp³-hybridized carbons (Fsp3) is 0.520. The third kappa shape index (κ3) is 4.62. The molecule has 0 aliphatic carbocycles. The summed E-state index contributed by atoms with van der Waals surface area (Å²) in [4.78, 5) is 41.2. The van der Waals surface area contributed by atoms with Gasteiger partial charge in [0, 0.05) is 56.1 Å². The van der Waals surface area contributed by atoms with E-state index in [0.29, 0.717) is 37.8 Å². The first kappa shape index (κ1) is 23.3. The maximum atomic E-state index is 13.1. The Balaban J connectivity index is 1.51. The maximum Gasteiger partial charge on any atom is 0.320 e. The molecule has 1 atom stereocenters. The normalized spacial score (nSPS) is 19.8. The summed E-state index contributed by atoms with van der Waals surface area (Å²) in [7, 11) is 0. The molecule has 2 saturated heterocycles. The lowest BCUT2D eigenvalue weighted by molar-refractivity contribution is 0.0935. The van der Waals surface area contributed by atoms with Gasteiger partial charge in [-0.05, 0) is 51.0 Å². The molecule has 5 rings (SSSR count). The van der Waals surface area contributed by atoms with Gasteiger partial charge in [0.2, 0.25) is 0 Å². The van der Waals surface area contributed by atoms with Gasteiger partial charge in [-0.3, -0.25) is 0 Å². The molecule has 186 valence electrons. The van der Waals surface area contributed by atoms with Crippen molar-refractivity contribution in [3.05, 3.63) is 35.5 Å². The summed E-state index contributed by atoms with van der Waals surface area (Å²) in [5, 5.41) is 5.55. The summed E-state index contributed by atoms with van der Waals surface area (Å²) >= 11 is 0. The molecule has 10 heteroatoms. The minimum absolute atomic E-state index is 0.0331. The number of carbonyl (C=O) groups is 2. The van der Waals surface area contributed by atoms with Crippen molar-refractivity contribution in [3.8, 4) is 11.4 Å². The zero-order valence-corrected chi connectivity index (χ0v) is 20.4. The molecule has 2 fully saturated rings. The van der Waals surface area contributed by atoms with Crippen LogP contribution in [0.1, 0.15) is 37.6 Å². The Hall–Kier alpha value is -3.40. The van der Waals surface area contributed by atoms with E-state index in [1.54, 1.807) is 0 Å². The number of rotatable bonds is 5. The number of ether oxygens (including phenoxy) is 1. The van der Waals surface area contributed by atoms with Gasteiger partial charge in [-0.15, -0.1) is 0 Å². The van der Waals surface area contributed by atoms with E-state index in [1.165, 1.54) is 0 Å². The molecule has 0 saturated carbocycles. The van der Waals surface area contributed by atoms with Crippen LogP contribution in [0.2, 0.25) is 0 Å². The van der Waals surface area contributed by atoms with E-state index in [0.717, 1.165) is 61.7 Å². The highest BCUT2D eigenvalue weighted by Crippen LogP contribution is 2.39. The zero-order valence-electron chi connectivity index (χ0n) is 20.4. The molecule has 1 aromatic carbocycles. The number of nitrogens with one attached hydrogen (secondary N) is 2. The van der Waals surface area contributed by atoms with E-state index >= 15 is 0 Å². The highest BCUT2D eigenvalue weighted by Gasteiger charge is 2.40. The summed E-state index contributed by atoms with van der Waals surface area (Å²) in [5.74, 6) is 1.60. The van der Waals surface area contributed by atoms with Crippen molar-refractivity contribution in [2.45, 2.75) is 32.7 Å². The first-order chi connectivity index (χ1) is 17.1. The molecule has 0 bridgehead atoms. The van der Waals surface area contributed by atoms with Crippen LogP contribution in [-0.4, -0.2) is 84.3 Å². The Morgan fingerprint density at radius 3 is 2.57 bits per heavy atom. The van der Waals surface area contributed by atoms with Crippen molar-refractivity contribution in [1.82, 2.24) is 25.1 Å². The second-order valence-corrected chi connectivity index (χ2v) is 9.01. The number of urea groups is 2.